The van der Waals surface area contributed by atoms with E-state index < -0.39 is 5.97 Å². The molecule has 114 valence electrons. The second kappa shape index (κ2) is 6.61. The van der Waals surface area contributed by atoms with Crippen molar-refractivity contribution in [2.75, 3.05) is 19.7 Å². The number of likely N-dealkylation sites (tertiary alicyclic amines) is 1. The minimum Gasteiger partial charge on any atom is -0.508 e. The molecule has 1 saturated heterocycles. The Bertz CT molecular complexity index is 519. The molecular formula is C16H21NO4. The summed E-state index contributed by atoms with van der Waals surface area (Å²) in [4.78, 5) is 25.7. The fraction of sp³-hybridized carbons (Fsp3) is 0.500. The smallest absolute Gasteiger partial charge is 0.338 e. The first-order valence-electron chi connectivity index (χ1n) is 7.19. The van der Waals surface area contributed by atoms with Gasteiger partial charge in [0, 0.05) is 13.1 Å². The highest BCUT2D eigenvalue weighted by Gasteiger charge is 2.26. The normalized spacial score (nSPS) is 21.9. The Labute approximate surface area is 124 Å². The lowest BCUT2D eigenvalue weighted by molar-refractivity contribution is -0.137. The molecule has 0 bridgehead atoms. The average molecular weight is 291 g/mol. The fourth-order valence-electron chi connectivity index (χ4n) is 2.80. The van der Waals surface area contributed by atoms with Crippen molar-refractivity contribution in [3.8, 4) is 5.75 Å². The van der Waals surface area contributed by atoms with Gasteiger partial charge >= 0.3 is 5.97 Å². The number of hydrogen-bond donors (Lipinski definition) is 1. The molecule has 1 aliphatic rings. The van der Waals surface area contributed by atoms with Crippen molar-refractivity contribution in [2.24, 2.45) is 11.8 Å². The number of hydrogen-bond acceptors (Lipinski definition) is 4. The third kappa shape index (κ3) is 4.21. The lowest BCUT2D eigenvalue weighted by Crippen LogP contribution is -2.44. The monoisotopic (exact) mass is 291 g/mol. The zero-order valence-corrected chi connectivity index (χ0v) is 12.4. The second-order valence-corrected chi connectivity index (χ2v) is 5.87. The Morgan fingerprint density at radius 3 is 2.57 bits per heavy atom. The molecule has 5 nitrogen and oxygen atoms in total. The molecule has 0 unspecified atom stereocenters. The summed E-state index contributed by atoms with van der Waals surface area (Å²) < 4.78 is 5.03. The van der Waals surface area contributed by atoms with Crippen molar-refractivity contribution >= 4 is 11.9 Å². The first-order chi connectivity index (χ1) is 9.95. The molecule has 1 N–H and O–H groups in total. The molecule has 2 atom stereocenters. The van der Waals surface area contributed by atoms with Crippen molar-refractivity contribution in [1.29, 1.82) is 0 Å². The minimum atomic E-state index is -0.600. The predicted octanol–water partition coefficient (Wildman–Crippen LogP) is 2.05. The number of piperidine rings is 1. The van der Waals surface area contributed by atoms with Crippen molar-refractivity contribution in [2.45, 2.75) is 20.3 Å². The number of ether oxygens (including phenoxy) is 1. The van der Waals surface area contributed by atoms with E-state index in [1.54, 1.807) is 11.0 Å². The molecule has 0 spiro atoms. The number of phenols is 1. The molecule has 1 aliphatic heterocycles. The van der Waals surface area contributed by atoms with E-state index in [4.69, 9.17) is 4.74 Å². The molecule has 0 saturated carbocycles. The molecule has 1 heterocycles. The molecule has 0 aliphatic carbocycles. The topological polar surface area (TPSA) is 66.8 Å². The van der Waals surface area contributed by atoms with Gasteiger partial charge in [-0.05, 0) is 36.5 Å². The summed E-state index contributed by atoms with van der Waals surface area (Å²) in [5.41, 5.74) is 0.239. The van der Waals surface area contributed by atoms with Gasteiger partial charge in [-0.1, -0.05) is 19.9 Å². The van der Waals surface area contributed by atoms with Gasteiger partial charge in [0.2, 0.25) is 0 Å². The highest BCUT2D eigenvalue weighted by molar-refractivity contribution is 5.91. The maximum absolute atomic E-state index is 12.1. The number of nitrogens with zero attached hydrogens (tertiary/aromatic N) is 1. The Hall–Kier alpha value is -2.04. The van der Waals surface area contributed by atoms with E-state index in [0.717, 1.165) is 6.42 Å². The zero-order chi connectivity index (χ0) is 15.4. The van der Waals surface area contributed by atoms with E-state index in [1.165, 1.54) is 18.2 Å². The van der Waals surface area contributed by atoms with Crippen LogP contribution in [0.5, 0.6) is 5.75 Å². The molecule has 2 rings (SSSR count). The maximum atomic E-state index is 12.1. The summed E-state index contributed by atoms with van der Waals surface area (Å²) >= 11 is 0. The fourth-order valence-corrected chi connectivity index (χ4v) is 2.80. The maximum Gasteiger partial charge on any atom is 0.338 e. The molecule has 1 fully saturated rings. The van der Waals surface area contributed by atoms with Gasteiger partial charge in [-0.3, -0.25) is 4.79 Å². The molecule has 5 heteroatoms. The SMILES string of the molecule is C[C@@H]1C[C@@H](C)CN(C(=O)COC(=O)c2cccc(O)c2)C1. The van der Waals surface area contributed by atoms with E-state index in [9.17, 15) is 14.7 Å². The van der Waals surface area contributed by atoms with E-state index >= 15 is 0 Å². The van der Waals surface area contributed by atoms with Crippen LogP contribution in [0.15, 0.2) is 24.3 Å². The molecule has 1 amide bonds. The van der Waals surface area contributed by atoms with Gasteiger partial charge in [-0.2, -0.15) is 0 Å². The molecule has 21 heavy (non-hydrogen) atoms. The number of aromatic hydroxyl groups is 1. The third-order valence-corrected chi connectivity index (χ3v) is 3.63. The van der Waals surface area contributed by atoms with Gasteiger partial charge in [0.05, 0.1) is 5.56 Å². The van der Waals surface area contributed by atoms with Crippen LogP contribution >= 0.6 is 0 Å². The number of carbonyl (C=O) groups excluding carboxylic acids is 2. The summed E-state index contributed by atoms with van der Waals surface area (Å²) in [7, 11) is 0. The number of esters is 1. The van der Waals surface area contributed by atoms with Gasteiger partial charge in [0.1, 0.15) is 5.75 Å². The Kier molecular flexibility index (Phi) is 4.83. The van der Waals surface area contributed by atoms with Crippen molar-refractivity contribution in [1.82, 2.24) is 4.90 Å². The highest BCUT2D eigenvalue weighted by atomic mass is 16.5. The minimum absolute atomic E-state index is 0.00513. The highest BCUT2D eigenvalue weighted by Crippen LogP contribution is 2.21. The van der Waals surface area contributed by atoms with Crippen LogP contribution < -0.4 is 0 Å². The standard InChI is InChI=1S/C16H21NO4/c1-11-6-12(2)9-17(8-11)15(19)10-21-16(20)13-4-3-5-14(18)7-13/h3-5,7,11-12,18H,6,8-10H2,1-2H3/t11-,12-/m1/s1. The average Bonchev–Trinajstić information content (AvgIpc) is 2.43. The summed E-state index contributed by atoms with van der Waals surface area (Å²) in [5, 5.41) is 9.32. The summed E-state index contributed by atoms with van der Waals surface area (Å²) in [6, 6.07) is 5.88. The molecule has 0 aromatic heterocycles. The number of phenolic OH excluding ortho intramolecular Hbond substituents is 1. The van der Waals surface area contributed by atoms with Gasteiger partial charge in [-0.15, -0.1) is 0 Å². The number of amides is 1. The van der Waals surface area contributed by atoms with Gasteiger partial charge < -0.3 is 14.7 Å². The lowest BCUT2D eigenvalue weighted by Gasteiger charge is -2.34. The van der Waals surface area contributed by atoms with Crippen LogP contribution in [0.3, 0.4) is 0 Å². The Morgan fingerprint density at radius 1 is 1.29 bits per heavy atom. The lowest BCUT2D eigenvalue weighted by atomic mass is 9.92. The summed E-state index contributed by atoms with van der Waals surface area (Å²) in [6.07, 6.45) is 1.12. The van der Waals surface area contributed by atoms with Crippen LogP contribution in [-0.2, 0) is 9.53 Å². The van der Waals surface area contributed by atoms with Crippen molar-refractivity contribution in [3.05, 3.63) is 29.8 Å². The quantitative estimate of drug-likeness (QED) is 0.866. The van der Waals surface area contributed by atoms with Crippen LogP contribution in [-0.4, -0.2) is 41.6 Å². The van der Waals surface area contributed by atoms with Crippen molar-refractivity contribution < 1.29 is 19.4 Å². The van der Waals surface area contributed by atoms with Crippen LogP contribution in [0.4, 0.5) is 0 Å². The van der Waals surface area contributed by atoms with E-state index in [0.29, 0.717) is 24.9 Å². The van der Waals surface area contributed by atoms with Crippen LogP contribution in [0.25, 0.3) is 0 Å². The first-order valence-corrected chi connectivity index (χ1v) is 7.19. The van der Waals surface area contributed by atoms with E-state index in [2.05, 4.69) is 13.8 Å². The van der Waals surface area contributed by atoms with Crippen LogP contribution in [0, 0.1) is 11.8 Å². The largest absolute Gasteiger partial charge is 0.508 e. The number of benzene rings is 1. The molecule has 1 aromatic rings. The van der Waals surface area contributed by atoms with Crippen molar-refractivity contribution in [3.63, 3.8) is 0 Å². The Morgan fingerprint density at radius 2 is 1.95 bits per heavy atom. The third-order valence-electron chi connectivity index (χ3n) is 3.63. The van der Waals surface area contributed by atoms with E-state index in [1.807, 2.05) is 0 Å². The zero-order valence-electron chi connectivity index (χ0n) is 12.4. The number of rotatable bonds is 3. The molecular weight excluding hydrogens is 270 g/mol. The molecule has 0 radical (unpaired) electrons. The predicted molar refractivity (Wildman–Crippen MR) is 77.9 cm³/mol. The van der Waals surface area contributed by atoms with Crippen LogP contribution in [0.2, 0.25) is 0 Å². The number of carbonyl (C=O) groups is 2. The summed E-state index contributed by atoms with van der Waals surface area (Å²) in [6.45, 7) is 5.41. The second-order valence-electron chi connectivity index (χ2n) is 5.87. The first kappa shape index (κ1) is 15.4. The van der Waals surface area contributed by atoms with Gasteiger partial charge in [-0.25, -0.2) is 4.79 Å². The van der Waals surface area contributed by atoms with Crippen LogP contribution in [0.1, 0.15) is 30.6 Å². The Balaban J connectivity index is 1.87. The molecule has 1 aromatic carbocycles. The van der Waals surface area contributed by atoms with Gasteiger partial charge in [0.15, 0.2) is 6.61 Å². The van der Waals surface area contributed by atoms with Gasteiger partial charge in [0.25, 0.3) is 5.91 Å². The summed E-state index contributed by atoms with van der Waals surface area (Å²) in [5.74, 6) is 0.174. The van der Waals surface area contributed by atoms with E-state index in [-0.39, 0.29) is 23.8 Å².